The van der Waals surface area contributed by atoms with E-state index in [1.807, 2.05) is 22.9 Å². The van der Waals surface area contributed by atoms with E-state index in [4.69, 9.17) is 5.10 Å². The molecule has 1 saturated carbocycles. The number of carbonyl (C=O) groups excluding carboxylic acids is 2. The lowest BCUT2D eigenvalue weighted by Crippen LogP contribution is -2.30. The third-order valence-corrected chi connectivity index (χ3v) is 5.12. The number of benzene rings is 1. The van der Waals surface area contributed by atoms with Crippen LogP contribution in [0.15, 0.2) is 30.3 Å². The molecule has 1 aliphatic carbocycles. The first-order valence-corrected chi connectivity index (χ1v) is 8.84. The summed E-state index contributed by atoms with van der Waals surface area (Å²) < 4.78 is 1.92. The maximum atomic E-state index is 12.4. The molecule has 0 saturated heterocycles. The standard InChI is InChI=1S/C20H23N3O2/c1-20(2,3)23-19-17(18(22-23)13-9-14(24)10-13)15(11-16(25)21-19)12-7-5-4-6-8-12/h4-8,13,15H,9-11H2,1-3H3,(H,21,25). The molecule has 25 heavy (non-hydrogen) atoms. The van der Waals surface area contributed by atoms with Gasteiger partial charge >= 0.3 is 0 Å². The van der Waals surface area contributed by atoms with Crippen molar-refractivity contribution in [3.63, 3.8) is 0 Å². The Balaban J connectivity index is 1.90. The summed E-state index contributed by atoms with van der Waals surface area (Å²) in [5, 5.41) is 7.93. The minimum Gasteiger partial charge on any atom is -0.311 e. The predicted octanol–water partition coefficient (Wildman–Crippen LogP) is 3.56. The molecule has 1 amide bonds. The van der Waals surface area contributed by atoms with E-state index in [1.54, 1.807) is 0 Å². The second-order valence-corrected chi connectivity index (χ2v) is 8.09. The van der Waals surface area contributed by atoms with Gasteiger partial charge in [0.1, 0.15) is 11.6 Å². The van der Waals surface area contributed by atoms with Gasteiger partial charge in [0.05, 0.1) is 11.2 Å². The summed E-state index contributed by atoms with van der Waals surface area (Å²) in [6, 6.07) is 10.1. The number of rotatable bonds is 2. The Labute approximate surface area is 147 Å². The number of hydrogen-bond acceptors (Lipinski definition) is 3. The number of hydrogen-bond donors (Lipinski definition) is 1. The van der Waals surface area contributed by atoms with Crippen LogP contribution in [0.3, 0.4) is 0 Å². The first-order chi connectivity index (χ1) is 11.8. The van der Waals surface area contributed by atoms with Crippen LogP contribution >= 0.6 is 0 Å². The molecule has 1 aliphatic heterocycles. The summed E-state index contributed by atoms with van der Waals surface area (Å²) in [6.07, 6.45) is 1.53. The number of ketones is 1. The Kier molecular flexibility index (Phi) is 3.56. The third-order valence-electron chi connectivity index (χ3n) is 5.12. The zero-order valence-corrected chi connectivity index (χ0v) is 14.9. The van der Waals surface area contributed by atoms with E-state index in [0.717, 1.165) is 22.6 Å². The van der Waals surface area contributed by atoms with Gasteiger partial charge in [-0.25, -0.2) is 4.68 Å². The van der Waals surface area contributed by atoms with Crippen LogP contribution < -0.4 is 5.32 Å². The summed E-state index contributed by atoms with van der Waals surface area (Å²) in [7, 11) is 0. The van der Waals surface area contributed by atoms with Gasteiger partial charge in [0.2, 0.25) is 5.91 Å². The van der Waals surface area contributed by atoms with Crippen LogP contribution in [-0.2, 0) is 15.1 Å². The zero-order chi connectivity index (χ0) is 17.8. The first kappa shape index (κ1) is 16.1. The molecule has 0 radical (unpaired) electrons. The molecule has 0 bridgehead atoms. The average Bonchev–Trinajstić information content (AvgIpc) is 2.91. The number of fused-ring (bicyclic) bond motifs is 1. The van der Waals surface area contributed by atoms with Gasteiger partial charge in [0, 0.05) is 36.7 Å². The lowest BCUT2D eigenvalue weighted by Gasteiger charge is -2.29. The van der Waals surface area contributed by atoms with E-state index in [2.05, 4.69) is 38.2 Å². The zero-order valence-electron chi connectivity index (χ0n) is 14.9. The van der Waals surface area contributed by atoms with Crippen LogP contribution in [0.25, 0.3) is 0 Å². The van der Waals surface area contributed by atoms with E-state index in [-0.39, 0.29) is 23.3 Å². The van der Waals surface area contributed by atoms with E-state index in [0.29, 0.717) is 25.0 Å². The second kappa shape index (κ2) is 5.55. The minimum atomic E-state index is -0.248. The van der Waals surface area contributed by atoms with Gasteiger partial charge in [-0.05, 0) is 26.3 Å². The number of nitrogens with one attached hydrogen (secondary N) is 1. The molecular weight excluding hydrogens is 314 g/mol. The minimum absolute atomic E-state index is 0.00764. The van der Waals surface area contributed by atoms with Crippen molar-refractivity contribution in [2.75, 3.05) is 5.32 Å². The molecular formula is C20H23N3O2. The third kappa shape index (κ3) is 2.68. The fraction of sp³-hybridized carbons (Fsp3) is 0.450. The maximum absolute atomic E-state index is 12.4. The summed E-state index contributed by atoms with van der Waals surface area (Å²) in [5.74, 6) is 1.27. The molecule has 5 heteroatoms. The Hall–Kier alpha value is -2.43. The van der Waals surface area contributed by atoms with Crippen molar-refractivity contribution < 1.29 is 9.59 Å². The van der Waals surface area contributed by atoms with Crippen LogP contribution in [0, 0.1) is 0 Å². The molecule has 1 N–H and O–H groups in total. The molecule has 1 fully saturated rings. The molecule has 1 unspecified atom stereocenters. The van der Waals surface area contributed by atoms with Crippen molar-refractivity contribution in [2.45, 2.75) is 57.4 Å². The van der Waals surface area contributed by atoms with Crippen molar-refractivity contribution >= 4 is 17.5 Å². The Morgan fingerprint density at radius 3 is 2.36 bits per heavy atom. The topological polar surface area (TPSA) is 64.0 Å². The normalized spacial score (nSPS) is 20.8. The van der Waals surface area contributed by atoms with Crippen molar-refractivity contribution in [2.24, 2.45) is 0 Å². The molecule has 1 atom stereocenters. The summed E-state index contributed by atoms with van der Waals surface area (Å²) >= 11 is 0. The highest BCUT2D eigenvalue weighted by molar-refractivity contribution is 5.95. The summed E-state index contributed by atoms with van der Waals surface area (Å²) in [6.45, 7) is 6.23. The van der Waals surface area contributed by atoms with Gasteiger partial charge in [-0.3, -0.25) is 9.59 Å². The smallest absolute Gasteiger partial charge is 0.226 e. The molecule has 2 aromatic rings. The van der Waals surface area contributed by atoms with Crippen LogP contribution in [0.1, 0.15) is 68.7 Å². The molecule has 4 rings (SSSR count). The summed E-state index contributed by atoms with van der Waals surface area (Å²) in [5.41, 5.74) is 2.96. The number of Topliss-reactive ketones (excluding diaryl/α,β-unsaturated/α-hetero) is 1. The SMILES string of the molecule is CC(C)(C)n1nc(C2CC(=O)C2)c2c1NC(=O)CC2c1ccccc1. The highest BCUT2D eigenvalue weighted by atomic mass is 16.1. The van der Waals surface area contributed by atoms with Crippen LogP contribution in [-0.4, -0.2) is 21.5 Å². The van der Waals surface area contributed by atoms with Crippen LogP contribution in [0.2, 0.25) is 0 Å². The monoisotopic (exact) mass is 337 g/mol. The first-order valence-electron chi connectivity index (χ1n) is 8.84. The van der Waals surface area contributed by atoms with Gasteiger partial charge in [-0.2, -0.15) is 5.10 Å². The molecule has 1 aromatic carbocycles. The molecule has 5 nitrogen and oxygen atoms in total. The Morgan fingerprint density at radius 2 is 1.76 bits per heavy atom. The van der Waals surface area contributed by atoms with Crippen LogP contribution in [0.4, 0.5) is 5.82 Å². The van der Waals surface area contributed by atoms with E-state index < -0.39 is 0 Å². The van der Waals surface area contributed by atoms with Crippen LogP contribution in [0.5, 0.6) is 0 Å². The predicted molar refractivity (Wildman–Crippen MR) is 95.7 cm³/mol. The number of carbonyl (C=O) groups is 2. The van der Waals surface area contributed by atoms with E-state index >= 15 is 0 Å². The average molecular weight is 337 g/mol. The molecule has 0 spiro atoms. The molecule has 130 valence electrons. The van der Waals surface area contributed by atoms with Gasteiger partial charge in [0.25, 0.3) is 0 Å². The van der Waals surface area contributed by atoms with Crippen molar-refractivity contribution in [1.29, 1.82) is 0 Å². The van der Waals surface area contributed by atoms with Crippen molar-refractivity contribution in [3.8, 4) is 0 Å². The van der Waals surface area contributed by atoms with Gasteiger partial charge in [-0.1, -0.05) is 30.3 Å². The lowest BCUT2D eigenvalue weighted by molar-refractivity contribution is -0.124. The highest BCUT2D eigenvalue weighted by Gasteiger charge is 2.40. The largest absolute Gasteiger partial charge is 0.311 e. The van der Waals surface area contributed by atoms with Gasteiger partial charge < -0.3 is 5.32 Å². The number of amides is 1. The molecule has 2 heterocycles. The van der Waals surface area contributed by atoms with Gasteiger partial charge in [-0.15, -0.1) is 0 Å². The van der Waals surface area contributed by atoms with Gasteiger partial charge in [0.15, 0.2) is 0 Å². The fourth-order valence-corrected chi connectivity index (χ4v) is 3.82. The maximum Gasteiger partial charge on any atom is 0.226 e. The second-order valence-electron chi connectivity index (χ2n) is 8.09. The summed E-state index contributed by atoms with van der Waals surface area (Å²) in [4.78, 5) is 24.0. The number of anilines is 1. The van der Waals surface area contributed by atoms with Crippen molar-refractivity contribution in [3.05, 3.63) is 47.2 Å². The van der Waals surface area contributed by atoms with Crippen molar-refractivity contribution in [1.82, 2.24) is 9.78 Å². The fourth-order valence-electron chi connectivity index (χ4n) is 3.82. The van der Waals surface area contributed by atoms with E-state index in [9.17, 15) is 9.59 Å². The lowest BCUT2D eigenvalue weighted by atomic mass is 9.76. The molecule has 1 aromatic heterocycles. The Bertz CT molecular complexity index is 838. The van der Waals surface area contributed by atoms with E-state index in [1.165, 1.54) is 0 Å². The number of nitrogens with zero attached hydrogens (tertiary/aromatic N) is 2. The molecule has 2 aliphatic rings. The quantitative estimate of drug-likeness (QED) is 0.911. The number of aromatic nitrogens is 2. The Morgan fingerprint density at radius 1 is 1.08 bits per heavy atom. The highest BCUT2D eigenvalue weighted by Crippen LogP contribution is 2.46.